The second kappa shape index (κ2) is 20.3. The largest absolute Gasteiger partial charge is 0.340 e. The molecule has 4 aromatic rings. The summed E-state index contributed by atoms with van der Waals surface area (Å²) in [5.74, 6) is 3.07. The maximum absolute atomic E-state index is 13.0. The van der Waals surface area contributed by atoms with E-state index in [1.807, 2.05) is 26.1 Å². The van der Waals surface area contributed by atoms with E-state index in [1.165, 1.54) is 19.1 Å². The number of carbonyl (C=O) groups excluding carboxylic acids is 2. The first kappa shape index (κ1) is 47.6. The lowest BCUT2D eigenvalue weighted by Crippen LogP contribution is -2.55. The molecule has 8 rings (SSSR count). The number of rotatable bonds is 10. The zero-order valence-electron chi connectivity index (χ0n) is 36.8. The standard InChI is InChI=1S/C22H29N5O3S.C20H26N6O.CH3ClO2S/c1-4-18-22(28)26(2)19-14-24-20(25-21(19)27(18)16-7-5-6-8-16)17-9-11-23-13-15(17)10-12-31(3,29)30;1-3-16-20(27)25(2)17-12-23-18(15-8-9-22-11-13(15)10-21)24-19(17)26(16)14-6-4-5-7-14;1-5(2,3)4/h9,11,13-14,16,18H,4-8,10,12H2,1-3H3;8-9,11-12,14,16H,3-7,10,21H2,1-2H3;1H3/t18-;16-;/m11./s1. The van der Waals surface area contributed by atoms with Crippen molar-refractivity contribution in [3.63, 3.8) is 0 Å². The van der Waals surface area contributed by atoms with Crippen LogP contribution >= 0.6 is 10.7 Å². The van der Waals surface area contributed by atoms with E-state index in [0.717, 1.165) is 96.5 Å². The molecule has 0 saturated heterocycles. The van der Waals surface area contributed by atoms with Gasteiger partial charge in [0, 0.05) is 85.6 Å². The lowest BCUT2D eigenvalue weighted by atomic mass is 10.0. The summed E-state index contributed by atoms with van der Waals surface area (Å²) in [6, 6.07) is 3.99. The Morgan fingerprint density at radius 2 is 1.08 bits per heavy atom. The predicted molar refractivity (Wildman–Crippen MR) is 247 cm³/mol. The van der Waals surface area contributed by atoms with Crippen LogP contribution in [0.25, 0.3) is 22.8 Å². The number of nitrogens with two attached hydrogens (primary N) is 1. The normalized spacial score (nSPS) is 19.3. The number of pyridine rings is 2. The van der Waals surface area contributed by atoms with Gasteiger partial charge in [-0.3, -0.25) is 19.6 Å². The van der Waals surface area contributed by atoms with Crippen molar-refractivity contribution >= 4 is 64.4 Å². The minimum atomic E-state index is -3.19. The van der Waals surface area contributed by atoms with Crippen molar-refractivity contribution in [1.29, 1.82) is 0 Å². The lowest BCUT2D eigenvalue weighted by molar-refractivity contribution is -0.120. The predicted octanol–water partition coefficient (Wildman–Crippen LogP) is 5.32. The average molecular weight is 925 g/mol. The lowest BCUT2D eigenvalue weighted by Gasteiger charge is -2.43. The van der Waals surface area contributed by atoms with Crippen LogP contribution < -0.4 is 25.3 Å². The number of anilines is 4. The number of aromatic nitrogens is 6. The van der Waals surface area contributed by atoms with Crippen molar-refractivity contribution in [2.75, 3.05) is 52.0 Å². The van der Waals surface area contributed by atoms with Crippen LogP contribution in [0.15, 0.2) is 49.3 Å². The molecular weight excluding hydrogens is 866 g/mol. The van der Waals surface area contributed by atoms with Gasteiger partial charge in [0.2, 0.25) is 20.9 Å². The molecular formula is C43H58ClN11O6S2. The van der Waals surface area contributed by atoms with Gasteiger partial charge >= 0.3 is 0 Å². The van der Waals surface area contributed by atoms with E-state index in [2.05, 4.69) is 47.3 Å². The fourth-order valence-corrected chi connectivity index (χ4v) is 9.56. The molecule has 0 radical (unpaired) electrons. The first-order chi connectivity index (χ1) is 29.9. The van der Waals surface area contributed by atoms with Crippen molar-refractivity contribution < 1.29 is 26.4 Å². The number of amides is 2. The van der Waals surface area contributed by atoms with Gasteiger partial charge in [-0.1, -0.05) is 39.5 Å². The van der Waals surface area contributed by atoms with Gasteiger partial charge in [-0.25, -0.2) is 36.8 Å². The molecule has 0 spiro atoms. The second-order valence-corrected chi connectivity index (χ2v) is 21.8. The topological polar surface area (TPSA) is 219 Å². The Hall–Kier alpha value is -4.85. The maximum Gasteiger partial charge on any atom is 0.249 e. The van der Waals surface area contributed by atoms with Crippen LogP contribution in [0, 0.1) is 0 Å². The van der Waals surface area contributed by atoms with E-state index in [-0.39, 0.29) is 29.7 Å². The molecule has 340 valence electrons. The highest BCUT2D eigenvalue weighted by atomic mass is 35.7. The Morgan fingerprint density at radius 1 is 0.683 bits per heavy atom. The molecule has 2 aliphatic heterocycles. The Morgan fingerprint density at radius 3 is 1.46 bits per heavy atom. The molecule has 2 saturated carbocycles. The molecule has 63 heavy (non-hydrogen) atoms. The van der Waals surface area contributed by atoms with Gasteiger partial charge in [-0.15, -0.1) is 0 Å². The zero-order chi connectivity index (χ0) is 45.6. The number of likely N-dealkylation sites (N-methyl/N-ethyl adjacent to an activating group) is 2. The van der Waals surface area contributed by atoms with Crippen LogP contribution in [0.5, 0.6) is 0 Å². The third-order valence-electron chi connectivity index (χ3n) is 12.1. The van der Waals surface area contributed by atoms with Gasteiger partial charge in [-0.05, 0) is 68.2 Å². The van der Waals surface area contributed by atoms with Gasteiger partial charge in [0.1, 0.15) is 33.3 Å². The van der Waals surface area contributed by atoms with Gasteiger partial charge in [0.05, 0.1) is 24.4 Å². The third-order valence-corrected chi connectivity index (χ3v) is 13.0. The fourth-order valence-electron chi connectivity index (χ4n) is 8.97. The summed E-state index contributed by atoms with van der Waals surface area (Å²) in [5, 5.41) is 0. The number of halogens is 1. The molecule has 4 aromatic heterocycles. The highest BCUT2D eigenvalue weighted by Gasteiger charge is 2.43. The SMILES string of the molecule is CC[C@@H]1C(=O)N(C)c2cnc(-c3ccncc3CCS(C)(=O)=O)nc2N1C1CCCC1.CC[C@@H]1C(=O)N(C)c2cnc(-c3ccncc3CN)nc2N1C1CCCC1.CS(=O)(=O)Cl. The van der Waals surface area contributed by atoms with Crippen LogP contribution in [0.3, 0.4) is 0 Å². The highest BCUT2D eigenvalue weighted by molar-refractivity contribution is 8.13. The fraction of sp³-hybridized carbons (Fsp3) is 0.535. The van der Waals surface area contributed by atoms with Crippen LogP contribution in [0.4, 0.5) is 23.0 Å². The van der Waals surface area contributed by atoms with E-state index in [4.69, 9.17) is 15.7 Å². The minimum absolute atomic E-state index is 0.0416. The highest BCUT2D eigenvalue weighted by Crippen LogP contribution is 2.42. The van der Waals surface area contributed by atoms with Crippen molar-refractivity contribution in [3.05, 3.63) is 60.4 Å². The molecule has 2 aliphatic carbocycles. The van der Waals surface area contributed by atoms with Gasteiger partial charge < -0.3 is 25.3 Å². The number of sulfone groups is 1. The molecule has 2 atom stereocenters. The first-order valence-electron chi connectivity index (χ1n) is 21.4. The molecule has 2 fully saturated rings. The molecule has 2 N–H and O–H groups in total. The molecule has 2 amide bonds. The smallest absolute Gasteiger partial charge is 0.249 e. The van der Waals surface area contributed by atoms with Crippen LogP contribution in [0.2, 0.25) is 0 Å². The Balaban J connectivity index is 0.000000191. The Labute approximate surface area is 375 Å². The quantitative estimate of drug-likeness (QED) is 0.199. The first-order valence-corrected chi connectivity index (χ1v) is 26.2. The molecule has 0 unspecified atom stereocenters. The van der Waals surface area contributed by atoms with E-state index in [1.54, 1.807) is 54.0 Å². The number of hydrogen-bond donors (Lipinski definition) is 1. The van der Waals surface area contributed by atoms with E-state index in [0.29, 0.717) is 43.1 Å². The minimum Gasteiger partial charge on any atom is -0.340 e. The summed E-state index contributed by atoms with van der Waals surface area (Å²) in [6.07, 6.45) is 23.4. The summed E-state index contributed by atoms with van der Waals surface area (Å²) in [6.45, 7) is 4.49. The van der Waals surface area contributed by atoms with E-state index < -0.39 is 18.9 Å². The molecule has 0 aromatic carbocycles. The molecule has 17 nitrogen and oxygen atoms in total. The maximum atomic E-state index is 13.0. The summed E-state index contributed by atoms with van der Waals surface area (Å²) in [7, 11) is 1.80. The zero-order valence-corrected chi connectivity index (χ0v) is 39.2. The van der Waals surface area contributed by atoms with Crippen molar-refractivity contribution in [1.82, 2.24) is 29.9 Å². The average Bonchev–Trinajstić information content (AvgIpc) is 4.00. The van der Waals surface area contributed by atoms with Crippen molar-refractivity contribution in [3.8, 4) is 22.8 Å². The molecule has 4 aliphatic rings. The van der Waals surface area contributed by atoms with E-state index >= 15 is 0 Å². The van der Waals surface area contributed by atoms with Crippen LogP contribution in [0.1, 0.15) is 89.2 Å². The number of hydrogen-bond acceptors (Lipinski definition) is 15. The molecule has 6 heterocycles. The Bertz CT molecular complexity index is 2490. The summed E-state index contributed by atoms with van der Waals surface area (Å²) in [5.41, 5.74) is 10.8. The monoisotopic (exact) mass is 923 g/mol. The van der Waals surface area contributed by atoms with Gasteiger partial charge in [0.15, 0.2) is 23.3 Å². The van der Waals surface area contributed by atoms with Crippen LogP contribution in [-0.4, -0.2) is 115 Å². The summed E-state index contributed by atoms with van der Waals surface area (Å²) < 4.78 is 42.1. The van der Waals surface area contributed by atoms with Crippen LogP contribution in [-0.2, 0) is 41.4 Å². The van der Waals surface area contributed by atoms with Gasteiger partial charge in [-0.2, -0.15) is 0 Å². The number of aryl methyl sites for hydroxylation is 1. The van der Waals surface area contributed by atoms with Gasteiger partial charge in [0.25, 0.3) is 0 Å². The third kappa shape index (κ3) is 11.1. The van der Waals surface area contributed by atoms with E-state index in [9.17, 15) is 26.4 Å². The van der Waals surface area contributed by atoms with Crippen molar-refractivity contribution in [2.45, 2.75) is 115 Å². The Kier molecular flexibility index (Phi) is 15.4. The second-order valence-electron chi connectivity index (χ2n) is 16.5. The number of fused-ring (bicyclic) bond motifs is 2. The summed E-state index contributed by atoms with van der Waals surface area (Å²) in [4.78, 5) is 61.1. The van der Waals surface area contributed by atoms with Crippen molar-refractivity contribution in [2.24, 2.45) is 5.73 Å². The number of carbonyl (C=O) groups is 2. The molecule has 20 heteroatoms. The summed E-state index contributed by atoms with van der Waals surface area (Å²) >= 11 is 0. The molecule has 0 bridgehead atoms. The number of nitrogens with zero attached hydrogens (tertiary/aromatic N) is 10.